The van der Waals surface area contributed by atoms with Crippen LogP contribution in [0.5, 0.6) is 0 Å². The van der Waals surface area contributed by atoms with Crippen LogP contribution < -0.4 is 5.32 Å². The average molecular weight is 291 g/mol. The van der Waals surface area contributed by atoms with Gasteiger partial charge in [-0.2, -0.15) is 4.98 Å². The number of piperazine rings is 1. The normalized spacial score (nSPS) is 20.8. The molecule has 3 rings (SSSR count). The van der Waals surface area contributed by atoms with Crippen molar-refractivity contribution >= 4 is 23.5 Å². The third-order valence-electron chi connectivity index (χ3n) is 3.30. The molecule has 1 aliphatic rings. The van der Waals surface area contributed by atoms with Gasteiger partial charge >= 0.3 is 0 Å². The van der Waals surface area contributed by atoms with E-state index in [-0.39, 0.29) is 6.04 Å². The lowest BCUT2D eigenvalue weighted by Crippen LogP contribution is -2.44. The number of rotatable bonds is 3. The average Bonchev–Trinajstić information content (AvgIpc) is 3.06. The Balaban J connectivity index is 1.71. The molecule has 6 nitrogen and oxygen atoms in total. The van der Waals surface area contributed by atoms with E-state index < -0.39 is 0 Å². The molecule has 0 aliphatic carbocycles. The van der Waals surface area contributed by atoms with Crippen LogP contribution in [0.1, 0.15) is 27.6 Å². The fourth-order valence-electron chi connectivity index (χ4n) is 2.15. The summed E-state index contributed by atoms with van der Waals surface area (Å²) >= 11 is 1.64. The van der Waals surface area contributed by atoms with Crippen LogP contribution >= 0.6 is 11.3 Å². The lowest BCUT2D eigenvalue weighted by atomic mass is 10.2. The first-order valence-electron chi connectivity index (χ1n) is 6.57. The molecule has 1 unspecified atom stereocenters. The van der Waals surface area contributed by atoms with Gasteiger partial charge in [-0.25, -0.2) is 4.98 Å². The van der Waals surface area contributed by atoms with Gasteiger partial charge in [0.2, 0.25) is 0 Å². The first-order valence-corrected chi connectivity index (χ1v) is 7.39. The lowest BCUT2D eigenvalue weighted by Gasteiger charge is -2.30. The predicted molar refractivity (Wildman–Crippen MR) is 78.3 cm³/mol. The summed E-state index contributed by atoms with van der Waals surface area (Å²) in [5.74, 6) is 1.27. The second kappa shape index (κ2) is 5.82. The van der Waals surface area contributed by atoms with Crippen LogP contribution in [0.15, 0.2) is 10.7 Å². The van der Waals surface area contributed by atoms with Gasteiger partial charge in [-0.1, -0.05) is 5.16 Å². The van der Waals surface area contributed by atoms with Gasteiger partial charge < -0.3 is 9.84 Å². The molecule has 0 aromatic carbocycles. The van der Waals surface area contributed by atoms with Crippen LogP contribution in [-0.4, -0.2) is 46.7 Å². The van der Waals surface area contributed by atoms with E-state index in [1.54, 1.807) is 11.3 Å². The molecule has 0 saturated carbocycles. The fraction of sp³-hybridized carbons (Fsp3) is 0.462. The Bertz CT molecular complexity index is 605. The Morgan fingerprint density at radius 2 is 2.40 bits per heavy atom. The molecular formula is C13H17N5OS. The van der Waals surface area contributed by atoms with Gasteiger partial charge in [0, 0.05) is 36.8 Å². The molecule has 0 bridgehead atoms. The molecule has 3 heterocycles. The molecule has 2 aromatic rings. The van der Waals surface area contributed by atoms with Crippen molar-refractivity contribution in [2.45, 2.75) is 13.0 Å². The highest BCUT2D eigenvalue weighted by molar-refractivity contribution is 7.12. The number of hydrogen-bond donors (Lipinski definition) is 1. The lowest BCUT2D eigenvalue weighted by molar-refractivity contribution is 0.190. The van der Waals surface area contributed by atoms with E-state index in [2.05, 4.69) is 32.4 Å². The van der Waals surface area contributed by atoms with Gasteiger partial charge in [-0.15, -0.1) is 11.3 Å². The van der Waals surface area contributed by atoms with Crippen LogP contribution in [0.3, 0.4) is 0 Å². The van der Waals surface area contributed by atoms with E-state index in [1.165, 1.54) is 0 Å². The molecule has 1 atom stereocenters. The number of aryl methyl sites for hydroxylation is 1. The van der Waals surface area contributed by atoms with Crippen molar-refractivity contribution in [3.05, 3.63) is 27.8 Å². The summed E-state index contributed by atoms with van der Waals surface area (Å²) in [5, 5.41) is 8.47. The van der Waals surface area contributed by atoms with Gasteiger partial charge in [-0.3, -0.25) is 4.90 Å². The minimum absolute atomic E-state index is 0.181. The molecule has 2 aromatic heterocycles. The number of thiazole rings is 1. The molecule has 1 aliphatic heterocycles. The zero-order chi connectivity index (χ0) is 13.9. The molecule has 0 amide bonds. The van der Waals surface area contributed by atoms with E-state index in [0.717, 1.165) is 35.3 Å². The Kier molecular flexibility index (Phi) is 3.90. The summed E-state index contributed by atoms with van der Waals surface area (Å²) in [6, 6.07) is 0.181. The summed E-state index contributed by atoms with van der Waals surface area (Å²) in [4.78, 5) is 12.0. The van der Waals surface area contributed by atoms with Crippen molar-refractivity contribution in [1.29, 1.82) is 0 Å². The largest absolute Gasteiger partial charge is 0.335 e. The Labute approximate surface area is 121 Å². The van der Waals surface area contributed by atoms with Crippen molar-refractivity contribution in [2.24, 2.45) is 0 Å². The summed E-state index contributed by atoms with van der Waals surface area (Å²) in [6.45, 7) is 4.83. The molecular weight excluding hydrogens is 274 g/mol. The van der Waals surface area contributed by atoms with Crippen LogP contribution in [0.25, 0.3) is 12.2 Å². The minimum atomic E-state index is 0.181. The fourth-order valence-corrected chi connectivity index (χ4v) is 2.84. The molecule has 106 valence electrons. The predicted octanol–water partition coefficient (Wildman–Crippen LogP) is 1.58. The zero-order valence-electron chi connectivity index (χ0n) is 11.5. The number of likely N-dealkylation sites (N-methyl/N-ethyl adjacent to an activating group) is 1. The van der Waals surface area contributed by atoms with E-state index >= 15 is 0 Å². The highest BCUT2D eigenvalue weighted by atomic mass is 32.1. The maximum Gasteiger partial charge on any atom is 0.250 e. The molecule has 0 spiro atoms. The van der Waals surface area contributed by atoms with Gasteiger partial charge in [0.15, 0.2) is 5.82 Å². The van der Waals surface area contributed by atoms with Crippen molar-refractivity contribution < 1.29 is 4.52 Å². The molecule has 1 saturated heterocycles. The first-order chi connectivity index (χ1) is 9.72. The maximum atomic E-state index is 5.28. The molecule has 7 heteroatoms. The monoisotopic (exact) mass is 291 g/mol. The van der Waals surface area contributed by atoms with Crippen LogP contribution in [-0.2, 0) is 0 Å². The summed E-state index contributed by atoms with van der Waals surface area (Å²) in [7, 11) is 2.08. The highest BCUT2D eigenvalue weighted by Crippen LogP contribution is 2.19. The number of nitrogens with zero attached hydrogens (tertiary/aromatic N) is 4. The van der Waals surface area contributed by atoms with Crippen LogP contribution in [0.2, 0.25) is 0 Å². The molecule has 1 N–H and O–H groups in total. The quantitative estimate of drug-likeness (QED) is 0.926. The van der Waals surface area contributed by atoms with Crippen LogP contribution in [0.4, 0.5) is 0 Å². The van der Waals surface area contributed by atoms with Crippen LogP contribution in [0, 0.1) is 6.92 Å². The Morgan fingerprint density at radius 3 is 3.15 bits per heavy atom. The summed E-state index contributed by atoms with van der Waals surface area (Å²) in [6.07, 6.45) is 5.62. The Morgan fingerprint density at radius 1 is 1.50 bits per heavy atom. The number of aromatic nitrogens is 3. The first kappa shape index (κ1) is 13.4. The number of nitrogens with one attached hydrogen (secondary N) is 1. The zero-order valence-corrected chi connectivity index (χ0v) is 12.4. The second-order valence-electron chi connectivity index (χ2n) is 4.81. The SMILES string of the molecule is Cc1ncc(/C=C/c2nc(C3CNCCN3C)no2)s1. The molecule has 1 fully saturated rings. The van der Waals surface area contributed by atoms with E-state index in [4.69, 9.17) is 4.52 Å². The van der Waals surface area contributed by atoms with E-state index in [0.29, 0.717) is 5.89 Å². The summed E-state index contributed by atoms with van der Waals surface area (Å²) < 4.78 is 5.28. The van der Waals surface area contributed by atoms with Crippen molar-refractivity contribution in [3.8, 4) is 0 Å². The summed E-state index contributed by atoms with van der Waals surface area (Å²) in [5.41, 5.74) is 0. The third kappa shape index (κ3) is 2.95. The minimum Gasteiger partial charge on any atom is -0.335 e. The van der Waals surface area contributed by atoms with Gasteiger partial charge in [0.25, 0.3) is 5.89 Å². The van der Waals surface area contributed by atoms with Crippen molar-refractivity contribution in [3.63, 3.8) is 0 Å². The highest BCUT2D eigenvalue weighted by Gasteiger charge is 2.24. The number of hydrogen-bond acceptors (Lipinski definition) is 7. The topological polar surface area (TPSA) is 67.1 Å². The third-order valence-corrected chi connectivity index (χ3v) is 4.17. The molecule has 0 radical (unpaired) electrons. The van der Waals surface area contributed by atoms with E-state index in [1.807, 2.05) is 25.3 Å². The maximum absolute atomic E-state index is 5.28. The van der Waals surface area contributed by atoms with Gasteiger partial charge in [0.1, 0.15) is 0 Å². The smallest absolute Gasteiger partial charge is 0.250 e. The van der Waals surface area contributed by atoms with Gasteiger partial charge in [-0.05, 0) is 20.0 Å². The molecule has 20 heavy (non-hydrogen) atoms. The standard InChI is InChI=1S/C13H17N5OS/c1-9-15-7-10(20-9)3-4-12-16-13(17-19-12)11-8-14-5-6-18(11)2/h3-4,7,11,14H,5-6,8H2,1-2H3/b4-3+. The van der Waals surface area contributed by atoms with Crippen molar-refractivity contribution in [2.75, 3.05) is 26.7 Å². The van der Waals surface area contributed by atoms with E-state index in [9.17, 15) is 0 Å². The Hall–Kier alpha value is -1.57. The van der Waals surface area contributed by atoms with Crippen molar-refractivity contribution in [1.82, 2.24) is 25.3 Å². The second-order valence-corrected chi connectivity index (χ2v) is 6.07. The van der Waals surface area contributed by atoms with Gasteiger partial charge in [0.05, 0.1) is 11.0 Å².